The molecule has 3 saturated carbocycles. The Balaban J connectivity index is 1.20. The zero-order valence-corrected chi connectivity index (χ0v) is 20.8. The number of hydrogen-bond donors (Lipinski definition) is 2. The number of carbonyl (C=O) groups is 1. The van der Waals surface area contributed by atoms with E-state index in [-0.39, 0.29) is 23.3 Å². The zero-order chi connectivity index (χ0) is 24.0. The third-order valence-electron chi connectivity index (χ3n) is 10.2. The fraction of sp³-hybridized carbons (Fsp3) is 0.679. The number of oxime groups is 1. The summed E-state index contributed by atoms with van der Waals surface area (Å²) in [7, 11) is 0. The predicted molar refractivity (Wildman–Crippen MR) is 132 cm³/mol. The molecular weight excluding hydrogens is 426 g/mol. The average Bonchev–Trinajstić information content (AvgIpc) is 3.07. The number of amides is 1. The van der Waals surface area contributed by atoms with Crippen LogP contribution in [0.3, 0.4) is 0 Å². The molecule has 6 heteroatoms. The molecule has 2 N–H and O–H groups in total. The normalized spacial score (nSPS) is 40.1. The van der Waals surface area contributed by atoms with Gasteiger partial charge in [0.15, 0.2) is 6.61 Å². The lowest BCUT2D eigenvalue weighted by molar-refractivity contribution is -0.125. The highest BCUT2D eigenvalue weighted by Crippen LogP contribution is 2.67. The number of rotatable bonds is 5. The van der Waals surface area contributed by atoms with Gasteiger partial charge in [-0.25, -0.2) is 0 Å². The van der Waals surface area contributed by atoms with E-state index in [1.54, 1.807) is 12.4 Å². The second-order valence-corrected chi connectivity index (χ2v) is 11.8. The molecule has 0 aromatic carbocycles. The van der Waals surface area contributed by atoms with Gasteiger partial charge in [-0.1, -0.05) is 24.6 Å². The van der Waals surface area contributed by atoms with Crippen molar-refractivity contribution in [3.8, 4) is 0 Å². The zero-order valence-electron chi connectivity index (χ0n) is 20.8. The van der Waals surface area contributed by atoms with E-state index in [0.717, 1.165) is 43.4 Å². The van der Waals surface area contributed by atoms with E-state index in [4.69, 9.17) is 4.84 Å². The van der Waals surface area contributed by atoms with Crippen LogP contribution in [0.2, 0.25) is 0 Å². The number of aliphatic hydroxyl groups is 1. The maximum atomic E-state index is 12.1. The molecule has 4 aliphatic carbocycles. The minimum Gasteiger partial charge on any atom is -0.390 e. The monoisotopic (exact) mass is 465 g/mol. The SMILES string of the molecule is C[C@]12CCC(=NOCC(=O)NCc3ccncc3)C=C1CC[C@@H]1[C@@H]2CC[C@@]2(C)[C@H]1CC[C@]2(C)O. The molecule has 0 bridgehead atoms. The molecule has 1 heterocycles. The van der Waals surface area contributed by atoms with Crippen LogP contribution < -0.4 is 5.32 Å². The van der Waals surface area contributed by atoms with E-state index in [1.807, 2.05) is 12.1 Å². The second kappa shape index (κ2) is 8.78. The molecule has 0 radical (unpaired) electrons. The first kappa shape index (κ1) is 23.5. The van der Waals surface area contributed by atoms with Crippen molar-refractivity contribution in [1.29, 1.82) is 0 Å². The van der Waals surface area contributed by atoms with Crippen LogP contribution in [0.25, 0.3) is 0 Å². The Morgan fingerprint density at radius 1 is 1.12 bits per heavy atom. The van der Waals surface area contributed by atoms with Crippen LogP contribution in [0.5, 0.6) is 0 Å². The minimum absolute atomic E-state index is 0.0683. The van der Waals surface area contributed by atoms with Crippen LogP contribution in [-0.2, 0) is 16.2 Å². The summed E-state index contributed by atoms with van der Waals surface area (Å²) in [5.74, 6) is 1.88. The summed E-state index contributed by atoms with van der Waals surface area (Å²) < 4.78 is 0. The van der Waals surface area contributed by atoms with Crippen molar-refractivity contribution in [1.82, 2.24) is 10.3 Å². The molecule has 0 aliphatic heterocycles. The molecule has 34 heavy (non-hydrogen) atoms. The van der Waals surface area contributed by atoms with Gasteiger partial charge in [-0.15, -0.1) is 0 Å². The van der Waals surface area contributed by atoms with Crippen molar-refractivity contribution in [3.05, 3.63) is 41.7 Å². The van der Waals surface area contributed by atoms with E-state index in [1.165, 1.54) is 24.8 Å². The molecule has 0 spiro atoms. The van der Waals surface area contributed by atoms with Gasteiger partial charge in [0.1, 0.15) is 0 Å². The summed E-state index contributed by atoms with van der Waals surface area (Å²) in [5.41, 5.74) is 3.24. The Morgan fingerprint density at radius 2 is 1.88 bits per heavy atom. The topological polar surface area (TPSA) is 83.8 Å². The van der Waals surface area contributed by atoms with Crippen molar-refractivity contribution >= 4 is 11.6 Å². The smallest absolute Gasteiger partial charge is 0.261 e. The summed E-state index contributed by atoms with van der Waals surface area (Å²) in [6.07, 6.45) is 14.5. The Kier molecular flexibility index (Phi) is 6.07. The summed E-state index contributed by atoms with van der Waals surface area (Å²) in [4.78, 5) is 21.5. The number of allylic oxidation sites excluding steroid dienone is 2. The molecule has 6 atom stereocenters. The number of pyridine rings is 1. The third kappa shape index (κ3) is 3.98. The van der Waals surface area contributed by atoms with Gasteiger partial charge >= 0.3 is 0 Å². The molecule has 3 fully saturated rings. The third-order valence-corrected chi connectivity index (χ3v) is 10.2. The maximum absolute atomic E-state index is 12.1. The lowest BCUT2D eigenvalue weighted by Crippen LogP contribution is -2.53. The lowest BCUT2D eigenvalue weighted by Gasteiger charge is -2.59. The molecule has 1 aromatic rings. The van der Waals surface area contributed by atoms with Gasteiger partial charge in [-0.05, 0) is 111 Å². The van der Waals surface area contributed by atoms with Crippen LogP contribution in [0.15, 0.2) is 41.3 Å². The number of aromatic nitrogens is 1. The Labute approximate surface area is 203 Å². The molecule has 1 amide bonds. The van der Waals surface area contributed by atoms with E-state index in [0.29, 0.717) is 24.3 Å². The molecule has 4 aliphatic rings. The summed E-state index contributed by atoms with van der Waals surface area (Å²) in [6, 6.07) is 3.76. The quantitative estimate of drug-likeness (QED) is 0.613. The van der Waals surface area contributed by atoms with E-state index in [2.05, 4.69) is 42.3 Å². The number of hydrogen-bond acceptors (Lipinski definition) is 5. The van der Waals surface area contributed by atoms with Crippen molar-refractivity contribution in [2.45, 2.75) is 84.3 Å². The molecule has 0 unspecified atom stereocenters. The molecular formula is C28H39N3O3. The van der Waals surface area contributed by atoms with Crippen LogP contribution >= 0.6 is 0 Å². The highest BCUT2D eigenvalue weighted by Gasteiger charge is 2.62. The highest BCUT2D eigenvalue weighted by atomic mass is 16.6. The number of nitrogens with one attached hydrogen (secondary N) is 1. The number of nitrogens with zero attached hydrogens (tertiary/aromatic N) is 2. The summed E-state index contributed by atoms with van der Waals surface area (Å²) in [5, 5.41) is 18.3. The van der Waals surface area contributed by atoms with Crippen LogP contribution in [0.4, 0.5) is 0 Å². The highest BCUT2D eigenvalue weighted by molar-refractivity contribution is 5.96. The van der Waals surface area contributed by atoms with Gasteiger partial charge < -0.3 is 15.3 Å². The van der Waals surface area contributed by atoms with Crippen molar-refractivity contribution in [2.24, 2.45) is 33.7 Å². The summed E-state index contributed by atoms with van der Waals surface area (Å²) in [6.45, 7) is 7.29. The van der Waals surface area contributed by atoms with Crippen molar-refractivity contribution in [3.63, 3.8) is 0 Å². The first-order valence-corrected chi connectivity index (χ1v) is 13.0. The fourth-order valence-electron chi connectivity index (χ4n) is 7.81. The van der Waals surface area contributed by atoms with Gasteiger partial charge in [0.2, 0.25) is 0 Å². The molecule has 5 rings (SSSR count). The predicted octanol–water partition coefficient (Wildman–Crippen LogP) is 4.78. The van der Waals surface area contributed by atoms with E-state index < -0.39 is 5.60 Å². The molecule has 184 valence electrons. The fourth-order valence-corrected chi connectivity index (χ4v) is 7.81. The largest absolute Gasteiger partial charge is 0.390 e. The lowest BCUT2D eigenvalue weighted by atomic mass is 9.46. The first-order chi connectivity index (χ1) is 16.2. The molecule has 6 nitrogen and oxygen atoms in total. The van der Waals surface area contributed by atoms with Gasteiger partial charge in [0, 0.05) is 18.9 Å². The molecule has 0 saturated heterocycles. The van der Waals surface area contributed by atoms with E-state index in [9.17, 15) is 9.90 Å². The minimum atomic E-state index is -0.520. The van der Waals surface area contributed by atoms with Gasteiger partial charge in [0.25, 0.3) is 5.91 Å². The van der Waals surface area contributed by atoms with Crippen LogP contribution in [0, 0.1) is 28.6 Å². The first-order valence-electron chi connectivity index (χ1n) is 13.0. The second-order valence-electron chi connectivity index (χ2n) is 11.8. The molecule has 1 aromatic heterocycles. The Bertz CT molecular complexity index is 988. The van der Waals surface area contributed by atoms with Gasteiger partial charge in [-0.2, -0.15) is 0 Å². The standard InChI is InChI=1S/C28H39N3O3/c1-26-11-6-21(31-34-18-25(32)30-17-19-9-14-29-15-10-19)16-20(26)4-5-22-23(26)7-12-27(2)24(22)8-13-28(27,3)33/h9-10,14-16,22-24,33H,4-8,11-13,17-18H2,1-3H3,(H,30,32)/t22-,23+,24+,26+,27+,28+/m1/s1. The Morgan fingerprint density at radius 3 is 2.68 bits per heavy atom. The average molecular weight is 466 g/mol. The number of carbonyl (C=O) groups excluding carboxylic acids is 1. The van der Waals surface area contributed by atoms with E-state index >= 15 is 0 Å². The van der Waals surface area contributed by atoms with Crippen LogP contribution in [0.1, 0.15) is 77.7 Å². The van der Waals surface area contributed by atoms with Gasteiger partial charge in [0.05, 0.1) is 11.3 Å². The number of fused-ring (bicyclic) bond motifs is 5. The summed E-state index contributed by atoms with van der Waals surface area (Å²) >= 11 is 0. The van der Waals surface area contributed by atoms with Crippen molar-refractivity contribution < 1.29 is 14.7 Å². The van der Waals surface area contributed by atoms with Gasteiger partial charge in [-0.3, -0.25) is 9.78 Å². The maximum Gasteiger partial charge on any atom is 0.261 e. The van der Waals surface area contributed by atoms with Crippen LogP contribution in [-0.4, -0.2) is 33.9 Å². The Hall–Kier alpha value is -2.21. The van der Waals surface area contributed by atoms with Crippen molar-refractivity contribution in [2.75, 3.05) is 6.61 Å².